The fourth-order valence-corrected chi connectivity index (χ4v) is 2.19. The Kier molecular flexibility index (Phi) is 3.35. The van der Waals surface area contributed by atoms with Gasteiger partial charge in [-0.2, -0.15) is 5.26 Å². The molecule has 0 aromatic heterocycles. The summed E-state index contributed by atoms with van der Waals surface area (Å²) in [7, 11) is 0. The Bertz CT molecular complexity index is 441. The first-order chi connectivity index (χ1) is 8.24. The molecule has 1 aliphatic rings. The van der Waals surface area contributed by atoms with Gasteiger partial charge in [0.2, 0.25) is 6.04 Å². The van der Waals surface area contributed by atoms with Crippen LogP contribution < -0.4 is 0 Å². The van der Waals surface area contributed by atoms with E-state index in [1.807, 2.05) is 36.4 Å². The summed E-state index contributed by atoms with van der Waals surface area (Å²) in [5, 5.41) is 19.7. The van der Waals surface area contributed by atoms with E-state index in [1.54, 1.807) is 0 Å². The molecule has 1 heterocycles. The lowest BCUT2D eigenvalue weighted by molar-refractivity contribution is -0.535. The van der Waals surface area contributed by atoms with E-state index in [2.05, 4.69) is 0 Å². The van der Waals surface area contributed by atoms with Crippen molar-refractivity contribution in [2.24, 2.45) is 5.92 Å². The number of ether oxygens (including phenoxy) is 1. The minimum absolute atomic E-state index is 0.162. The summed E-state index contributed by atoms with van der Waals surface area (Å²) in [6.45, 7) is 0.277. The van der Waals surface area contributed by atoms with Crippen LogP contribution in [0.3, 0.4) is 0 Å². The molecule has 1 aromatic carbocycles. The summed E-state index contributed by atoms with van der Waals surface area (Å²) in [5.41, 5.74) is 0.801. The Labute approximate surface area is 98.8 Å². The van der Waals surface area contributed by atoms with Crippen molar-refractivity contribution >= 4 is 0 Å². The lowest BCUT2D eigenvalue weighted by atomic mass is 9.93. The molecule has 1 fully saturated rings. The van der Waals surface area contributed by atoms with Crippen molar-refractivity contribution in [3.8, 4) is 6.07 Å². The van der Waals surface area contributed by atoms with Gasteiger partial charge in [-0.05, 0) is 5.56 Å². The fraction of sp³-hybridized carbons (Fsp3) is 0.417. The molecule has 1 aliphatic heterocycles. The SMILES string of the molecule is N#CC[C@H]1CO[C@H](c2ccccc2)[C@H]1[N+](=O)[O-]. The van der Waals surface area contributed by atoms with Gasteiger partial charge in [0.15, 0.2) is 6.10 Å². The minimum atomic E-state index is -0.822. The van der Waals surface area contributed by atoms with Crippen LogP contribution in [0.1, 0.15) is 18.1 Å². The zero-order valence-corrected chi connectivity index (χ0v) is 9.15. The van der Waals surface area contributed by atoms with Crippen molar-refractivity contribution in [3.63, 3.8) is 0 Å². The maximum atomic E-state index is 11.1. The number of benzene rings is 1. The van der Waals surface area contributed by atoms with E-state index in [9.17, 15) is 10.1 Å². The normalized spacial score (nSPS) is 27.6. The molecule has 0 saturated carbocycles. The standard InChI is InChI=1S/C12H12N2O3/c13-7-6-10-8-17-12(11(10)14(15)16)9-4-2-1-3-5-9/h1-5,10-12H,6,8H2/t10-,11-,12+/m0/s1. The summed E-state index contributed by atoms with van der Waals surface area (Å²) < 4.78 is 5.49. The van der Waals surface area contributed by atoms with E-state index >= 15 is 0 Å². The number of nitrogens with zero attached hydrogens (tertiary/aromatic N) is 2. The number of hydrogen-bond donors (Lipinski definition) is 0. The van der Waals surface area contributed by atoms with E-state index < -0.39 is 12.1 Å². The van der Waals surface area contributed by atoms with E-state index in [-0.39, 0.29) is 23.9 Å². The maximum Gasteiger partial charge on any atom is 0.248 e. The van der Waals surface area contributed by atoms with Crippen LogP contribution in [0.2, 0.25) is 0 Å². The van der Waals surface area contributed by atoms with Gasteiger partial charge in [0.25, 0.3) is 0 Å². The van der Waals surface area contributed by atoms with E-state index in [0.29, 0.717) is 0 Å². The predicted molar refractivity (Wildman–Crippen MR) is 59.6 cm³/mol. The zero-order valence-electron chi connectivity index (χ0n) is 9.15. The third-order valence-corrected chi connectivity index (χ3v) is 3.01. The third-order valence-electron chi connectivity index (χ3n) is 3.01. The quantitative estimate of drug-likeness (QED) is 0.589. The Balaban J connectivity index is 2.24. The highest BCUT2D eigenvalue weighted by Crippen LogP contribution is 2.35. The van der Waals surface area contributed by atoms with E-state index in [0.717, 1.165) is 5.56 Å². The molecule has 0 amide bonds. The summed E-state index contributed by atoms with van der Waals surface area (Å²) in [6, 6.07) is 10.3. The average molecular weight is 232 g/mol. The van der Waals surface area contributed by atoms with Gasteiger partial charge in [0.05, 0.1) is 18.6 Å². The average Bonchev–Trinajstić information content (AvgIpc) is 2.74. The number of nitro groups is 1. The molecule has 0 bridgehead atoms. The first-order valence-corrected chi connectivity index (χ1v) is 5.41. The lowest BCUT2D eigenvalue weighted by Gasteiger charge is -2.14. The first kappa shape index (κ1) is 11.6. The summed E-state index contributed by atoms with van der Waals surface area (Å²) in [5.74, 6) is -0.319. The van der Waals surface area contributed by atoms with Gasteiger partial charge in [0.1, 0.15) is 0 Å². The second-order valence-corrected chi connectivity index (χ2v) is 4.06. The second-order valence-electron chi connectivity index (χ2n) is 4.06. The molecule has 0 spiro atoms. The van der Waals surface area contributed by atoms with Gasteiger partial charge < -0.3 is 4.74 Å². The van der Waals surface area contributed by atoms with Crippen LogP contribution in [0.5, 0.6) is 0 Å². The molecule has 2 rings (SSSR count). The largest absolute Gasteiger partial charge is 0.366 e. The molecule has 0 unspecified atom stereocenters. The smallest absolute Gasteiger partial charge is 0.248 e. The molecule has 17 heavy (non-hydrogen) atoms. The first-order valence-electron chi connectivity index (χ1n) is 5.41. The van der Waals surface area contributed by atoms with Gasteiger partial charge in [0, 0.05) is 11.3 Å². The molecule has 0 aliphatic carbocycles. The molecule has 0 radical (unpaired) electrons. The molecule has 5 nitrogen and oxygen atoms in total. The van der Waals surface area contributed by atoms with Gasteiger partial charge in [-0.3, -0.25) is 10.1 Å². The van der Waals surface area contributed by atoms with Crippen LogP contribution in [-0.4, -0.2) is 17.6 Å². The maximum absolute atomic E-state index is 11.1. The number of rotatable bonds is 3. The van der Waals surface area contributed by atoms with Crippen molar-refractivity contribution in [2.45, 2.75) is 18.6 Å². The third kappa shape index (κ3) is 2.27. The van der Waals surface area contributed by atoms with Gasteiger partial charge in [-0.25, -0.2) is 0 Å². The zero-order chi connectivity index (χ0) is 12.3. The fourth-order valence-electron chi connectivity index (χ4n) is 2.19. The van der Waals surface area contributed by atoms with Gasteiger partial charge in [-0.1, -0.05) is 30.3 Å². The molecule has 88 valence electrons. The highest BCUT2D eigenvalue weighted by atomic mass is 16.6. The lowest BCUT2D eigenvalue weighted by Crippen LogP contribution is -2.29. The molecular weight excluding hydrogens is 220 g/mol. The van der Waals surface area contributed by atoms with Crippen LogP contribution in [0.4, 0.5) is 0 Å². The van der Waals surface area contributed by atoms with Crippen LogP contribution >= 0.6 is 0 Å². The van der Waals surface area contributed by atoms with E-state index in [1.165, 1.54) is 0 Å². The summed E-state index contributed by atoms with van der Waals surface area (Å²) in [6.07, 6.45) is -0.376. The predicted octanol–water partition coefficient (Wildman–Crippen LogP) is 1.93. The van der Waals surface area contributed by atoms with Crippen molar-refractivity contribution < 1.29 is 9.66 Å². The highest BCUT2D eigenvalue weighted by Gasteiger charge is 2.46. The molecule has 1 saturated heterocycles. The molecule has 1 aromatic rings. The van der Waals surface area contributed by atoms with Crippen molar-refractivity contribution in [1.29, 1.82) is 5.26 Å². The highest BCUT2D eigenvalue weighted by molar-refractivity contribution is 5.20. The van der Waals surface area contributed by atoms with Crippen molar-refractivity contribution in [2.75, 3.05) is 6.61 Å². The van der Waals surface area contributed by atoms with Crippen molar-refractivity contribution in [3.05, 3.63) is 46.0 Å². The number of nitriles is 1. The topological polar surface area (TPSA) is 76.2 Å². The molecular formula is C12H12N2O3. The van der Waals surface area contributed by atoms with E-state index in [4.69, 9.17) is 10.00 Å². The van der Waals surface area contributed by atoms with Crippen molar-refractivity contribution in [1.82, 2.24) is 0 Å². The Hall–Kier alpha value is -1.93. The molecule has 0 N–H and O–H groups in total. The second kappa shape index (κ2) is 4.93. The van der Waals surface area contributed by atoms with Crippen LogP contribution in [0.15, 0.2) is 30.3 Å². The monoisotopic (exact) mass is 232 g/mol. The Morgan fingerprint density at radius 2 is 2.18 bits per heavy atom. The van der Waals surface area contributed by atoms with Crippen LogP contribution in [0, 0.1) is 27.4 Å². The van der Waals surface area contributed by atoms with Gasteiger partial charge in [-0.15, -0.1) is 0 Å². The number of hydrogen-bond acceptors (Lipinski definition) is 4. The van der Waals surface area contributed by atoms with Gasteiger partial charge >= 0.3 is 0 Å². The molecule has 5 heteroatoms. The summed E-state index contributed by atoms with van der Waals surface area (Å²) in [4.78, 5) is 10.8. The van der Waals surface area contributed by atoms with Crippen LogP contribution in [0.25, 0.3) is 0 Å². The molecule has 3 atom stereocenters. The Morgan fingerprint density at radius 1 is 1.47 bits per heavy atom. The Morgan fingerprint density at radius 3 is 2.76 bits per heavy atom. The van der Waals surface area contributed by atoms with Crippen LogP contribution in [-0.2, 0) is 4.74 Å². The summed E-state index contributed by atoms with van der Waals surface area (Å²) >= 11 is 0. The minimum Gasteiger partial charge on any atom is -0.366 e.